The highest BCUT2D eigenvalue weighted by atomic mass is 19.2. The number of halogens is 2. The summed E-state index contributed by atoms with van der Waals surface area (Å²) in [7, 11) is 0. The second-order valence-corrected chi connectivity index (χ2v) is 8.28. The van der Waals surface area contributed by atoms with E-state index in [4.69, 9.17) is 9.47 Å². The Morgan fingerprint density at radius 1 is 0.929 bits per heavy atom. The van der Waals surface area contributed by atoms with Gasteiger partial charge in [-0.3, -0.25) is 0 Å². The summed E-state index contributed by atoms with van der Waals surface area (Å²) < 4.78 is 38.9. The van der Waals surface area contributed by atoms with E-state index in [-0.39, 0.29) is 11.5 Å². The molecule has 2 aliphatic rings. The maximum atomic E-state index is 14.2. The first-order valence-electron chi connectivity index (χ1n) is 10.6. The Balaban J connectivity index is 1.45. The summed E-state index contributed by atoms with van der Waals surface area (Å²) in [6.45, 7) is 6.12. The molecule has 4 heteroatoms. The first-order valence-corrected chi connectivity index (χ1v) is 10.6. The molecule has 0 spiro atoms. The van der Waals surface area contributed by atoms with Gasteiger partial charge >= 0.3 is 0 Å². The molecule has 0 atom stereocenters. The topological polar surface area (TPSA) is 18.5 Å². The van der Waals surface area contributed by atoms with Gasteiger partial charge in [0.1, 0.15) is 0 Å². The van der Waals surface area contributed by atoms with Crippen molar-refractivity contribution in [1.82, 2.24) is 0 Å². The molecule has 3 rings (SSSR count). The van der Waals surface area contributed by atoms with Crippen LogP contribution in [0.25, 0.3) is 0 Å². The molecule has 154 valence electrons. The van der Waals surface area contributed by atoms with E-state index in [0.717, 1.165) is 24.7 Å². The maximum Gasteiger partial charge on any atom is 0.205 e. The highest BCUT2D eigenvalue weighted by Crippen LogP contribution is 2.41. The Bertz CT molecular complexity index is 669. The molecule has 2 nitrogen and oxygen atoms in total. The van der Waals surface area contributed by atoms with Crippen LogP contribution in [0.5, 0.6) is 11.5 Å². The third-order valence-electron chi connectivity index (χ3n) is 6.52. The van der Waals surface area contributed by atoms with Gasteiger partial charge in [-0.05, 0) is 94.1 Å². The average molecular weight is 391 g/mol. The number of allylic oxidation sites excluding steroid dienone is 2. The molecular weight excluding hydrogens is 358 g/mol. The van der Waals surface area contributed by atoms with E-state index >= 15 is 0 Å². The lowest BCUT2D eigenvalue weighted by Crippen LogP contribution is -2.27. The molecular formula is C24H32F2O2. The molecule has 0 radical (unpaired) electrons. The van der Waals surface area contributed by atoms with E-state index in [1.165, 1.54) is 56.9 Å². The zero-order valence-corrected chi connectivity index (χ0v) is 16.8. The van der Waals surface area contributed by atoms with Crippen molar-refractivity contribution in [3.63, 3.8) is 0 Å². The lowest BCUT2D eigenvalue weighted by molar-refractivity contribution is 0.127. The third-order valence-corrected chi connectivity index (χ3v) is 6.52. The smallest absolute Gasteiger partial charge is 0.205 e. The summed E-state index contributed by atoms with van der Waals surface area (Å²) in [6.07, 6.45) is 15.0. The number of hydrogen-bond donors (Lipinski definition) is 0. The van der Waals surface area contributed by atoms with Gasteiger partial charge in [0.2, 0.25) is 11.6 Å². The van der Waals surface area contributed by atoms with Crippen molar-refractivity contribution in [2.75, 3.05) is 6.61 Å². The summed E-state index contributed by atoms with van der Waals surface area (Å²) in [5.41, 5.74) is 0. The molecule has 0 N–H and O–H groups in total. The van der Waals surface area contributed by atoms with Gasteiger partial charge < -0.3 is 9.47 Å². The number of rotatable bonds is 7. The van der Waals surface area contributed by atoms with Crippen LogP contribution in [-0.2, 0) is 0 Å². The first kappa shape index (κ1) is 20.9. The number of benzene rings is 1. The molecule has 0 saturated heterocycles. The molecule has 1 aromatic rings. The predicted octanol–water partition coefficient (Wildman–Crippen LogP) is 7.05. The second-order valence-electron chi connectivity index (χ2n) is 8.28. The van der Waals surface area contributed by atoms with Crippen LogP contribution in [0.2, 0.25) is 0 Å². The fraction of sp³-hybridized carbons (Fsp3) is 0.583. The van der Waals surface area contributed by atoms with Crippen LogP contribution < -0.4 is 9.47 Å². The first-order chi connectivity index (χ1) is 13.6. The maximum absolute atomic E-state index is 14.2. The number of hydrogen-bond acceptors (Lipinski definition) is 2. The molecule has 0 heterocycles. The van der Waals surface area contributed by atoms with Gasteiger partial charge in [0.25, 0.3) is 0 Å². The summed E-state index contributed by atoms with van der Waals surface area (Å²) in [6, 6.07) is 2.85. The van der Waals surface area contributed by atoms with Crippen molar-refractivity contribution in [3.05, 3.63) is 48.8 Å². The molecule has 28 heavy (non-hydrogen) atoms. The Labute approximate surface area is 167 Å². The van der Waals surface area contributed by atoms with E-state index in [1.807, 2.05) is 0 Å². The van der Waals surface area contributed by atoms with Crippen LogP contribution in [0.1, 0.15) is 58.3 Å². The fourth-order valence-corrected chi connectivity index (χ4v) is 4.74. The van der Waals surface area contributed by atoms with Gasteiger partial charge in [0.05, 0.1) is 12.9 Å². The summed E-state index contributed by atoms with van der Waals surface area (Å²) >= 11 is 0. The van der Waals surface area contributed by atoms with E-state index < -0.39 is 11.6 Å². The van der Waals surface area contributed by atoms with Crippen LogP contribution in [0, 0.1) is 35.3 Å². The molecule has 0 unspecified atom stereocenters. The Hall–Kier alpha value is -1.84. The molecule has 0 aromatic heterocycles. The van der Waals surface area contributed by atoms with E-state index in [2.05, 4.69) is 12.7 Å². The highest BCUT2D eigenvalue weighted by Gasteiger charge is 2.30. The molecule has 0 bridgehead atoms. The van der Waals surface area contributed by atoms with Crippen molar-refractivity contribution < 1.29 is 18.3 Å². The Morgan fingerprint density at radius 2 is 1.50 bits per heavy atom. The summed E-state index contributed by atoms with van der Waals surface area (Å²) in [5.74, 6) is 0.663. The van der Waals surface area contributed by atoms with E-state index in [1.54, 1.807) is 13.0 Å². The number of ether oxygens (including phenoxy) is 2. The summed E-state index contributed by atoms with van der Waals surface area (Å²) in [5, 5.41) is 0. The monoisotopic (exact) mass is 390 g/mol. The minimum absolute atomic E-state index is 0.0322. The molecule has 0 amide bonds. The normalized spacial score (nSPS) is 28.2. The van der Waals surface area contributed by atoms with Gasteiger partial charge in [-0.2, -0.15) is 8.78 Å². The molecule has 0 aliphatic heterocycles. The van der Waals surface area contributed by atoms with Crippen molar-refractivity contribution in [3.8, 4) is 11.5 Å². The lowest BCUT2D eigenvalue weighted by Gasteiger charge is -2.37. The van der Waals surface area contributed by atoms with Crippen LogP contribution in [-0.4, -0.2) is 6.61 Å². The van der Waals surface area contributed by atoms with Crippen LogP contribution in [0.15, 0.2) is 37.1 Å². The van der Waals surface area contributed by atoms with Crippen molar-refractivity contribution in [2.45, 2.75) is 58.3 Å². The SMILES string of the molecule is C=CC1CCC(C2CCC(COc3ccc(OC=CC)c(F)c3F)CC2)CC1. The van der Waals surface area contributed by atoms with Gasteiger partial charge in [0.15, 0.2) is 11.5 Å². The Kier molecular flexibility index (Phi) is 7.52. The highest BCUT2D eigenvalue weighted by molar-refractivity contribution is 5.35. The van der Waals surface area contributed by atoms with Crippen LogP contribution in [0.4, 0.5) is 8.78 Å². The molecule has 2 fully saturated rings. The van der Waals surface area contributed by atoms with Crippen molar-refractivity contribution in [1.29, 1.82) is 0 Å². The standard InChI is InChI=1S/C24H32F2O2/c1-3-15-27-21-13-14-22(24(26)23(21)25)28-16-18-7-11-20(12-8-18)19-9-5-17(4-2)6-10-19/h3-4,13-15,17-20H,2,5-12,16H2,1H3. The van der Waals surface area contributed by atoms with Crippen LogP contribution >= 0.6 is 0 Å². The average Bonchev–Trinajstić information content (AvgIpc) is 2.74. The lowest BCUT2D eigenvalue weighted by atomic mass is 9.69. The molecule has 2 aliphatic carbocycles. The van der Waals surface area contributed by atoms with E-state index in [0.29, 0.717) is 18.4 Å². The largest absolute Gasteiger partial charge is 0.490 e. The van der Waals surface area contributed by atoms with Crippen LogP contribution in [0.3, 0.4) is 0 Å². The second kappa shape index (κ2) is 10.1. The van der Waals surface area contributed by atoms with Gasteiger partial charge in [0, 0.05) is 0 Å². The molecule has 2 saturated carbocycles. The Morgan fingerprint density at radius 3 is 2.11 bits per heavy atom. The summed E-state index contributed by atoms with van der Waals surface area (Å²) in [4.78, 5) is 0. The van der Waals surface area contributed by atoms with Gasteiger partial charge in [-0.15, -0.1) is 6.58 Å². The quantitative estimate of drug-likeness (QED) is 0.367. The third kappa shape index (κ3) is 5.15. The minimum Gasteiger partial charge on any atom is -0.490 e. The fourth-order valence-electron chi connectivity index (χ4n) is 4.74. The zero-order valence-electron chi connectivity index (χ0n) is 16.8. The van der Waals surface area contributed by atoms with Gasteiger partial charge in [-0.1, -0.05) is 12.2 Å². The van der Waals surface area contributed by atoms with Gasteiger partial charge in [-0.25, -0.2) is 0 Å². The van der Waals surface area contributed by atoms with E-state index in [9.17, 15) is 8.78 Å². The molecule has 1 aromatic carbocycles. The van der Waals surface area contributed by atoms with Crippen molar-refractivity contribution in [2.24, 2.45) is 23.7 Å². The zero-order chi connectivity index (χ0) is 19.9. The van der Waals surface area contributed by atoms with Crippen molar-refractivity contribution >= 4 is 0 Å². The minimum atomic E-state index is -1.01. The predicted molar refractivity (Wildman–Crippen MR) is 108 cm³/mol.